The van der Waals surface area contributed by atoms with Gasteiger partial charge in [-0.2, -0.15) is 0 Å². The molecule has 122 valence electrons. The largest absolute Gasteiger partial charge is 0.311 e. The van der Waals surface area contributed by atoms with Gasteiger partial charge < -0.3 is 5.32 Å². The van der Waals surface area contributed by atoms with Crippen molar-refractivity contribution in [2.45, 2.75) is 83.5 Å². The predicted molar refractivity (Wildman–Crippen MR) is 89.6 cm³/mol. The highest BCUT2D eigenvalue weighted by atomic mass is 15.3. The zero-order chi connectivity index (χ0) is 14.8. The topological polar surface area (TPSA) is 18.5 Å². The van der Waals surface area contributed by atoms with Crippen LogP contribution in [0.1, 0.15) is 59.3 Å². The van der Waals surface area contributed by atoms with Gasteiger partial charge in [0.25, 0.3) is 0 Å². The molecule has 21 heavy (non-hydrogen) atoms. The van der Waals surface area contributed by atoms with E-state index >= 15 is 0 Å². The van der Waals surface area contributed by atoms with Gasteiger partial charge in [0.15, 0.2) is 0 Å². The van der Waals surface area contributed by atoms with E-state index < -0.39 is 0 Å². The lowest BCUT2D eigenvalue weighted by molar-refractivity contribution is 0.0286. The number of hydrogen-bond acceptors (Lipinski definition) is 3. The van der Waals surface area contributed by atoms with Gasteiger partial charge in [0, 0.05) is 43.8 Å². The van der Waals surface area contributed by atoms with E-state index in [2.05, 4.69) is 35.9 Å². The summed E-state index contributed by atoms with van der Waals surface area (Å²) in [6.07, 6.45) is 8.37. The minimum atomic E-state index is 0.725. The molecule has 3 fully saturated rings. The number of nitrogens with one attached hydrogen (secondary N) is 1. The normalized spacial score (nSPS) is 38.9. The van der Waals surface area contributed by atoms with Crippen molar-refractivity contribution in [2.75, 3.05) is 26.2 Å². The first-order chi connectivity index (χ1) is 10.2. The van der Waals surface area contributed by atoms with Crippen LogP contribution in [0.4, 0.5) is 0 Å². The maximum atomic E-state index is 3.82. The molecular weight excluding hydrogens is 258 g/mol. The van der Waals surface area contributed by atoms with E-state index in [0.29, 0.717) is 0 Å². The monoisotopic (exact) mass is 293 g/mol. The molecule has 4 atom stereocenters. The highest BCUT2D eigenvalue weighted by Crippen LogP contribution is 2.33. The summed E-state index contributed by atoms with van der Waals surface area (Å²) in [7, 11) is 0. The summed E-state index contributed by atoms with van der Waals surface area (Å²) in [5.41, 5.74) is 0. The Morgan fingerprint density at radius 2 is 1.95 bits per heavy atom. The molecule has 3 rings (SSSR count). The SMILES string of the molecule is CCCC1CN(C2CCN3CCCCC23)C(C(C)C)CN1. The molecule has 0 radical (unpaired) electrons. The first-order valence-electron chi connectivity index (χ1n) is 9.44. The maximum absolute atomic E-state index is 3.82. The minimum Gasteiger partial charge on any atom is -0.311 e. The van der Waals surface area contributed by atoms with Gasteiger partial charge in [-0.3, -0.25) is 9.80 Å². The van der Waals surface area contributed by atoms with Gasteiger partial charge in [-0.1, -0.05) is 33.6 Å². The van der Waals surface area contributed by atoms with Gasteiger partial charge in [-0.25, -0.2) is 0 Å². The van der Waals surface area contributed by atoms with Crippen LogP contribution in [0, 0.1) is 5.92 Å². The average molecular weight is 293 g/mol. The number of fused-ring (bicyclic) bond motifs is 1. The Labute approximate surface area is 131 Å². The van der Waals surface area contributed by atoms with Crippen molar-refractivity contribution in [1.29, 1.82) is 0 Å². The lowest BCUT2D eigenvalue weighted by Crippen LogP contribution is -2.63. The summed E-state index contributed by atoms with van der Waals surface area (Å²) in [6, 6.07) is 3.16. The molecule has 3 nitrogen and oxygen atoms in total. The number of rotatable bonds is 4. The lowest BCUT2D eigenvalue weighted by atomic mass is 9.91. The molecule has 0 spiro atoms. The van der Waals surface area contributed by atoms with Crippen LogP contribution < -0.4 is 5.32 Å². The van der Waals surface area contributed by atoms with Crippen molar-refractivity contribution in [3.63, 3.8) is 0 Å². The number of piperidine rings is 1. The van der Waals surface area contributed by atoms with Crippen molar-refractivity contribution in [1.82, 2.24) is 15.1 Å². The maximum Gasteiger partial charge on any atom is 0.0267 e. The third-order valence-electron chi connectivity index (χ3n) is 6.13. The highest BCUT2D eigenvalue weighted by molar-refractivity contribution is 5.00. The fourth-order valence-corrected chi connectivity index (χ4v) is 5.01. The van der Waals surface area contributed by atoms with E-state index in [1.807, 2.05) is 0 Å². The van der Waals surface area contributed by atoms with Crippen LogP contribution in [0.2, 0.25) is 0 Å². The molecule has 0 aromatic carbocycles. The Morgan fingerprint density at radius 1 is 1.10 bits per heavy atom. The molecule has 1 N–H and O–H groups in total. The Kier molecular flexibility index (Phi) is 5.23. The van der Waals surface area contributed by atoms with Crippen LogP contribution in [0.3, 0.4) is 0 Å². The molecule has 0 bridgehead atoms. The molecule has 0 saturated carbocycles. The van der Waals surface area contributed by atoms with Crippen LogP contribution in [0.25, 0.3) is 0 Å². The van der Waals surface area contributed by atoms with Gasteiger partial charge in [-0.15, -0.1) is 0 Å². The summed E-state index contributed by atoms with van der Waals surface area (Å²) in [6.45, 7) is 12.3. The quantitative estimate of drug-likeness (QED) is 0.860. The molecular formula is C18H35N3. The second kappa shape index (κ2) is 6.97. The van der Waals surface area contributed by atoms with Gasteiger partial charge in [0.2, 0.25) is 0 Å². The van der Waals surface area contributed by atoms with Crippen LogP contribution in [-0.4, -0.2) is 60.1 Å². The van der Waals surface area contributed by atoms with Gasteiger partial charge in [0.05, 0.1) is 0 Å². The number of piperazine rings is 1. The Hall–Kier alpha value is -0.120. The lowest BCUT2D eigenvalue weighted by Gasteiger charge is -2.48. The predicted octanol–water partition coefficient (Wildman–Crippen LogP) is 2.71. The van der Waals surface area contributed by atoms with E-state index in [1.54, 1.807) is 0 Å². The van der Waals surface area contributed by atoms with Crippen molar-refractivity contribution in [3.05, 3.63) is 0 Å². The summed E-state index contributed by atoms with van der Waals surface area (Å²) < 4.78 is 0. The zero-order valence-electron chi connectivity index (χ0n) is 14.4. The second-order valence-electron chi connectivity index (χ2n) is 7.86. The van der Waals surface area contributed by atoms with Crippen molar-refractivity contribution in [3.8, 4) is 0 Å². The van der Waals surface area contributed by atoms with Gasteiger partial charge >= 0.3 is 0 Å². The average Bonchev–Trinajstić information content (AvgIpc) is 2.91. The molecule has 3 aliphatic heterocycles. The van der Waals surface area contributed by atoms with Crippen molar-refractivity contribution in [2.24, 2.45) is 5.92 Å². The summed E-state index contributed by atoms with van der Waals surface area (Å²) in [4.78, 5) is 5.72. The van der Waals surface area contributed by atoms with E-state index in [4.69, 9.17) is 0 Å². The van der Waals surface area contributed by atoms with Crippen LogP contribution in [0.5, 0.6) is 0 Å². The molecule has 3 saturated heterocycles. The Morgan fingerprint density at radius 3 is 2.71 bits per heavy atom. The minimum absolute atomic E-state index is 0.725. The highest BCUT2D eigenvalue weighted by Gasteiger charge is 2.43. The Bertz CT molecular complexity index is 330. The molecule has 0 aromatic rings. The summed E-state index contributed by atoms with van der Waals surface area (Å²) in [5, 5.41) is 3.82. The molecule has 0 amide bonds. The number of hydrogen-bond donors (Lipinski definition) is 1. The number of nitrogens with zero attached hydrogens (tertiary/aromatic N) is 2. The standard InChI is InChI=1S/C18H35N3/c1-4-7-15-13-21(18(12-19-15)14(2)3)17-9-11-20-10-6-5-8-16(17)20/h14-19H,4-13H2,1-3H3. The first-order valence-corrected chi connectivity index (χ1v) is 9.44. The zero-order valence-corrected chi connectivity index (χ0v) is 14.4. The second-order valence-corrected chi connectivity index (χ2v) is 7.86. The third-order valence-corrected chi connectivity index (χ3v) is 6.13. The van der Waals surface area contributed by atoms with Gasteiger partial charge in [-0.05, 0) is 38.1 Å². The van der Waals surface area contributed by atoms with Crippen LogP contribution >= 0.6 is 0 Å². The van der Waals surface area contributed by atoms with Gasteiger partial charge in [0.1, 0.15) is 0 Å². The third kappa shape index (κ3) is 3.30. The fourth-order valence-electron chi connectivity index (χ4n) is 5.01. The van der Waals surface area contributed by atoms with E-state index in [1.165, 1.54) is 64.7 Å². The van der Waals surface area contributed by atoms with Crippen LogP contribution in [-0.2, 0) is 0 Å². The molecule has 4 unspecified atom stereocenters. The van der Waals surface area contributed by atoms with Crippen molar-refractivity contribution < 1.29 is 0 Å². The van der Waals surface area contributed by atoms with E-state index in [0.717, 1.165) is 30.1 Å². The smallest absolute Gasteiger partial charge is 0.0267 e. The Balaban J connectivity index is 1.72. The first kappa shape index (κ1) is 15.8. The fraction of sp³-hybridized carbons (Fsp3) is 1.00. The van der Waals surface area contributed by atoms with E-state index in [-0.39, 0.29) is 0 Å². The molecule has 3 aliphatic rings. The molecule has 0 aromatic heterocycles. The summed E-state index contributed by atoms with van der Waals surface area (Å²) in [5.74, 6) is 0.762. The van der Waals surface area contributed by atoms with Crippen molar-refractivity contribution >= 4 is 0 Å². The van der Waals surface area contributed by atoms with Crippen LogP contribution in [0.15, 0.2) is 0 Å². The van der Waals surface area contributed by atoms with E-state index in [9.17, 15) is 0 Å². The molecule has 3 heteroatoms. The summed E-state index contributed by atoms with van der Waals surface area (Å²) >= 11 is 0. The molecule has 3 heterocycles. The molecule has 0 aliphatic carbocycles.